The normalized spacial score (nSPS) is 19.6. The van der Waals surface area contributed by atoms with Gasteiger partial charge in [-0.05, 0) is 32.0 Å². The molecule has 3 heterocycles. The lowest BCUT2D eigenvalue weighted by Crippen LogP contribution is -2.54. The number of carbonyl (C=O) groups excluding carboxylic acids is 2. The highest BCUT2D eigenvalue weighted by Crippen LogP contribution is 2.52. The van der Waals surface area contributed by atoms with Crippen LogP contribution in [0.5, 0.6) is 0 Å². The van der Waals surface area contributed by atoms with E-state index in [1.807, 2.05) is 44.2 Å². The van der Waals surface area contributed by atoms with Crippen molar-refractivity contribution in [2.75, 3.05) is 31.7 Å². The Morgan fingerprint density at radius 3 is 2.61 bits per heavy atom. The SMILES string of the molecule is CCN1C(=O)[C@]2(c3ccccc31)c1c(oc3ccc(C)cc3c1=O)C(=O)N2CCOC. The average molecular weight is 418 g/mol. The first kappa shape index (κ1) is 19.5. The van der Waals surface area contributed by atoms with E-state index in [0.717, 1.165) is 5.56 Å². The molecule has 158 valence electrons. The first-order valence-corrected chi connectivity index (χ1v) is 10.3. The van der Waals surface area contributed by atoms with Crippen molar-refractivity contribution in [3.8, 4) is 0 Å². The van der Waals surface area contributed by atoms with Gasteiger partial charge in [-0.15, -0.1) is 0 Å². The van der Waals surface area contributed by atoms with Crippen LogP contribution in [0.3, 0.4) is 0 Å². The largest absolute Gasteiger partial charge is 0.450 e. The van der Waals surface area contributed by atoms with Crippen LogP contribution in [0.2, 0.25) is 0 Å². The summed E-state index contributed by atoms with van der Waals surface area (Å²) in [6, 6.07) is 12.6. The van der Waals surface area contributed by atoms with Crippen molar-refractivity contribution < 1.29 is 18.7 Å². The van der Waals surface area contributed by atoms with Crippen molar-refractivity contribution in [1.82, 2.24) is 4.90 Å². The molecule has 1 atom stereocenters. The summed E-state index contributed by atoms with van der Waals surface area (Å²) in [5.74, 6) is -0.870. The minimum Gasteiger partial charge on any atom is -0.450 e. The van der Waals surface area contributed by atoms with Crippen LogP contribution >= 0.6 is 0 Å². The average Bonchev–Trinajstić information content (AvgIpc) is 3.17. The van der Waals surface area contributed by atoms with E-state index in [1.165, 1.54) is 12.0 Å². The first-order valence-electron chi connectivity index (χ1n) is 10.3. The molecule has 3 aromatic rings. The molecule has 2 amide bonds. The number of carbonyl (C=O) groups is 2. The van der Waals surface area contributed by atoms with Crippen LogP contribution in [-0.4, -0.2) is 43.5 Å². The van der Waals surface area contributed by atoms with Crippen LogP contribution in [0.25, 0.3) is 11.0 Å². The molecule has 7 heteroatoms. The van der Waals surface area contributed by atoms with Crippen LogP contribution < -0.4 is 10.3 Å². The lowest BCUT2D eigenvalue weighted by atomic mass is 9.84. The Bertz CT molecular complexity index is 1310. The highest BCUT2D eigenvalue weighted by Gasteiger charge is 2.64. The molecule has 2 aliphatic heterocycles. The number of hydrogen-bond acceptors (Lipinski definition) is 5. The number of hydrogen-bond donors (Lipinski definition) is 0. The van der Waals surface area contributed by atoms with Crippen LogP contribution in [0.4, 0.5) is 5.69 Å². The van der Waals surface area contributed by atoms with E-state index in [9.17, 15) is 14.4 Å². The maximum atomic E-state index is 14.0. The maximum Gasteiger partial charge on any atom is 0.291 e. The van der Waals surface area contributed by atoms with E-state index < -0.39 is 11.4 Å². The second kappa shape index (κ2) is 6.78. The van der Waals surface area contributed by atoms with Gasteiger partial charge in [-0.3, -0.25) is 14.4 Å². The summed E-state index contributed by atoms with van der Waals surface area (Å²) in [7, 11) is 1.53. The minimum absolute atomic E-state index is 0.0708. The van der Waals surface area contributed by atoms with Gasteiger partial charge in [0.15, 0.2) is 11.0 Å². The van der Waals surface area contributed by atoms with Gasteiger partial charge in [0, 0.05) is 25.8 Å². The molecule has 0 fully saturated rings. The summed E-state index contributed by atoms with van der Waals surface area (Å²) in [6.45, 7) is 4.53. The Morgan fingerprint density at radius 1 is 1.10 bits per heavy atom. The summed E-state index contributed by atoms with van der Waals surface area (Å²) in [6.07, 6.45) is 0. The fourth-order valence-electron chi connectivity index (χ4n) is 4.90. The number of para-hydroxylation sites is 1. The topological polar surface area (TPSA) is 80.1 Å². The van der Waals surface area contributed by atoms with Crippen LogP contribution in [-0.2, 0) is 15.1 Å². The summed E-state index contributed by atoms with van der Waals surface area (Å²) in [5, 5.41) is 0.361. The quantitative estimate of drug-likeness (QED) is 0.651. The maximum absolute atomic E-state index is 14.0. The highest BCUT2D eigenvalue weighted by atomic mass is 16.5. The van der Waals surface area contributed by atoms with Gasteiger partial charge < -0.3 is 19.0 Å². The van der Waals surface area contributed by atoms with Crippen molar-refractivity contribution in [2.45, 2.75) is 19.4 Å². The van der Waals surface area contributed by atoms with Crippen LogP contribution in [0, 0.1) is 6.92 Å². The molecule has 2 aliphatic rings. The summed E-state index contributed by atoms with van der Waals surface area (Å²) in [5.41, 5.74) is 0.719. The number of methoxy groups -OCH3 is 1. The Hall–Kier alpha value is -3.45. The molecule has 7 nitrogen and oxygen atoms in total. The summed E-state index contributed by atoms with van der Waals surface area (Å²) in [4.78, 5) is 44.4. The molecule has 0 N–H and O–H groups in total. The second-order valence-electron chi connectivity index (χ2n) is 7.86. The van der Waals surface area contributed by atoms with Crippen molar-refractivity contribution in [3.63, 3.8) is 0 Å². The number of aryl methyl sites for hydroxylation is 1. The highest BCUT2D eigenvalue weighted by molar-refractivity contribution is 6.17. The van der Waals surface area contributed by atoms with Crippen LogP contribution in [0.1, 0.15) is 34.2 Å². The Labute approximate surface area is 178 Å². The molecule has 0 saturated carbocycles. The third-order valence-corrected chi connectivity index (χ3v) is 6.23. The number of rotatable bonds is 4. The number of ether oxygens (including phenoxy) is 1. The van der Waals surface area contributed by atoms with Gasteiger partial charge in [0.2, 0.25) is 5.76 Å². The van der Waals surface area contributed by atoms with Crippen molar-refractivity contribution in [1.29, 1.82) is 0 Å². The van der Waals surface area contributed by atoms with E-state index in [2.05, 4.69) is 0 Å². The molecule has 2 aromatic carbocycles. The van der Waals surface area contributed by atoms with Crippen molar-refractivity contribution in [3.05, 3.63) is 75.1 Å². The van der Waals surface area contributed by atoms with Crippen molar-refractivity contribution >= 4 is 28.5 Å². The van der Waals surface area contributed by atoms with Gasteiger partial charge in [0.1, 0.15) is 5.58 Å². The Kier molecular flexibility index (Phi) is 4.27. The van der Waals surface area contributed by atoms with Gasteiger partial charge in [-0.1, -0.05) is 29.8 Å². The zero-order valence-electron chi connectivity index (χ0n) is 17.6. The predicted molar refractivity (Wildman–Crippen MR) is 115 cm³/mol. The lowest BCUT2D eigenvalue weighted by molar-refractivity contribution is -0.126. The van der Waals surface area contributed by atoms with E-state index >= 15 is 0 Å². The van der Waals surface area contributed by atoms with E-state index in [0.29, 0.717) is 28.8 Å². The van der Waals surface area contributed by atoms with Gasteiger partial charge in [-0.2, -0.15) is 0 Å². The fraction of sp³-hybridized carbons (Fsp3) is 0.292. The molecule has 0 unspecified atom stereocenters. The number of benzene rings is 2. The fourth-order valence-corrected chi connectivity index (χ4v) is 4.90. The van der Waals surface area contributed by atoms with Gasteiger partial charge in [0.25, 0.3) is 11.8 Å². The summed E-state index contributed by atoms with van der Waals surface area (Å²) >= 11 is 0. The predicted octanol–water partition coefficient (Wildman–Crippen LogP) is 2.81. The molecular weight excluding hydrogens is 396 g/mol. The van der Waals surface area contributed by atoms with Crippen molar-refractivity contribution in [2.24, 2.45) is 0 Å². The molecule has 1 aromatic heterocycles. The zero-order valence-corrected chi connectivity index (χ0v) is 17.6. The molecule has 0 radical (unpaired) electrons. The number of amides is 2. The molecule has 31 heavy (non-hydrogen) atoms. The van der Waals surface area contributed by atoms with E-state index in [-0.39, 0.29) is 35.8 Å². The smallest absolute Gasteiger partial charge is 0.291 e. The number of fused-ring (bicyclic) bond motifs is 5. The van der Waals surface area contributed by atoms with Gasteiger partial charge in [0.05, 0.1) is 23.2 Å². The molecule has 5 rings (SSSR count). The van der Waals surface area contributed by atoms with Gasteiger partial charge >= 0.3 is 0 Å². The molecular formula is C24H22N2O5. The van der Waals surface area contributed by atoms with E-state index in [4.69, 9.17) is 9.15 Å². The monoisotopic (exact) mass is 418 g/mol. The number of nitrogens with zero attached hydrogens (tertiary/aromatic N) is 2. The van der Waals surface area contributed by atoms with E-state index in [1.54, 1.807) is 17.0 Å². The minimum atomic E-state index is -1.56. The zero-order chi connectivity index (χ0) is 21.9. The third kappa shape index (κ3) is 2.35. The first-order chi connectivity index (χ1) is 15.0. The second-order valence-corrected chi connectivity index (χ2v) is 7.86. The standard InChI is InChI=1S/C24H22N2O5/c1-4-25-17-8-6-5-7-16(17)24(23(25)29)19-20(27)15-13-14(2)9-10-18(15)31-21(19)22(28)26(24)11-12-30-3/h5-10,13H,4,11-12H2,1-3H3/t24-/m0/s1. The molecule has 0 saturated heterocycles. The summed E-state index contributed by atoms with van der Waals surface area (Å²) < 4.78 is 11.2. The Balaban J connectivity index is 1.92. The number of likely N-dealkylation sites (N-methyl/N-ethyl adjacent to an activating group) is 1. The number of anilines is 1. The molecule has 0 bridgehead atoms. The lowest BCUT2D eigenvalue weighted by Gasteiger charge is -2.34. The molecule has 1 spiro atoms. The molecule has 0 aliphatic carbocycles. The van der Waals surface area contributed by atoms with Gasteiger partial charge in [-0.25, -0.2) is 0 Å². The Morgan fingerprint density at radius 2 is 1.87 bits per heavy atom. The third-order valence-electron chi connectivity index (χ3n) is 6.23. The van der Waals surface area contributed by atoms with Crippen LogP contribution in [0.15, 0.2) is 51.7 Å².